The normalized spacial score (nSPS) is 19.6. The van der Waals surface area contributed by atoms with E-state index in [9.17, 15) is 58.8 Å². The van der Waals surface area contributed by atoms with Crippen LogP contribution in [-0.4, -0.2) is 180 Å². The first-order valence-electron chi connectivity index (χ1n) is 31.2. The van der Waals surface area contributed by atoms with Gasteiger partial charge < -0.3 is 25.2 Å². The molecule has 5 aromatic carbocycles. The number of nitrogens with one attached hydrogen (secondary N) is 4. The van der Waals surface area contributed by atoms with Gasteiger partial charge in [-0.15, -0.1) is 11.8 Å². The SMILES string of the molecule is O=C1CCC(N2C(=O)c3cccc(NCCCC(=O)N4CCC5(CCC(c6ccc(Cl)cc6)=C(CN6CCN(c7ccc(C(=O)NS(=O)(=O)c8ccc(N[C@H](CCN9CCOCC9)CSc9ccccc9)c(S(=O)(=O)C(F)(F)F)c8)cc7)CC6)C5)CC4)c3C2=O)C(=O)N1. The van der Waals surface area contributed by atoms with Gasteiger partial charge in [-0.1, -0.05) is 53.6 Å². The fourth-order valence-electron chi connectivity index (χ4n) is 13.2. The van der Waals surface area contributed by atoms with Crippen LogP contribution >= 0.6 is 23.4 Å². The highest BCUT2D eigenvalue weighted by molar-refractivity contribution is 7.99. The maximum atomic E-state index is 14.3. The minimum absolute atomic E-state index is 0.00647. The lowest BCUT2D eigenvalue weighted by atomic mass is 9.65. The van der Waals surface area contributed by atoms with Gasteiger partial charge >= 0.3 is 5.51 Å². The Morgan fingerprint density at radius 2 is 1.49 bits per heavy atom. The molecule has 5 aliphatic heterocycles. The zero-order valence-corrected chi connectivity index (χ0v) is 54.3. The molecule has 4 N–H and O–H groups in total. The van der Waals surface area contributed by atoms with Crippen molar-refractivity contribution in [2.24, 2.45) is 5.41 Å². The molecule has 93 heavy (non-hydrogen) atoms. The van der Waals surface area contributed by atoms with Crippen molar-refractivity contribution in [3.63, 3.8) is 0 Å². The number of sulfone groups is 1. The predicted molar refractivity (Wildman–Crippen MR) is 347 cm³/mol. The lowest BCUT2D eigenvalue weighted by Crippen LogP contribution is -2.54. The van der Waals surface area contributed by atoms with Gasteiger partial charge in [0.2, 0.25) is 17.7 Å². The third kappa shape index (κ3) is 15.6. The van der Waals surface area contributed by atoms with E-state index in [1.807, 2.05) is 52.1 Å². The molecule has 5 aromatic rings. The van der Waals surface area contributed by atoms with Crippen LogP contribution in [0.25, 0.3) is 5.57 Å². The van der Waals surface area contributed by atoms with E-state index in [0.717, 1.165) is 71.8 Å². The van der Waals surface area contributed by atoms with Crippen molar-refractivity contribution < 1.29 is 63.5 Å². The van der Waals surface area contributed by atoms with Crippen molar-refractivity contribution in [1.82, 2.24) is 29.6 Å². The Morgan fingerprint density at radius 1 is 0.774 bits per heavy atom. The summed E-state index contributed by atoms with van der Waals surface area (Å²) in [4.78, 5) is 86.9. The van der Waals surface area contributed by atoms with Gasteiger partial charge in [0.05, 0.1) is 34.9 Å². The number of imide groups is 2. The van der Waals surface area contributed by atoms with Crippen molar-refractivity contribution >= 4 is 101 Å². The van der Waals surface area contributed by atoms with Gasteiger partial charge in [-0.3, -0.25) is 48.8 Å². The summed E-state index contributed by atoms with van der Waals surface area (Å²) < 4.78 is 104. The van der Waals surface area contributed by atoms with Crippen LogP contribution in [0.1, 0.15) is 101 Å². The number of allylic oxidation sites excluding steroid dienone is 1. The fourth-order valence-corrected chi connectivity index (χ4v) is 16.4. The highest BCUT2D eigenvalue weighted by Crippen LogP contribution is 2.49. The Labute approximate surface area is 547 Å². The molecule has 20 nitrogen and oxygen atoms in total. The number of carbonyl (C=O) groups is 6. The number of halogens is 4. The number of thioether (sulfide) groups is 1. The number of morpholine rings is 1. The summed E-state index contributed by atoms with van der Waals surface area (Å²) in [6.45, 7) is 7.97. The molecule has 6 aliphatic rings. The number of piperidine rings is 2. The van der Waals surface area contributed by atoms with Crippen LogP contribution in [0, 0.1) is 5.41 Å². The van der Waals surface area contributed by atoms with Gasteiger partial charge in [-0.25, -0.2) is 21.6 Å². The molecule has 2 atom stereocenters. The van der Waals surface area contributed by atoms with E-state index in [-0.39, 0.29) is 47.3 Å². The minimum atomic E-state index is -6.11. The van der Waals surface area contributed by atoms with Crippen molar-refractivity contribution in [3.05, 3.63) is 148 Å². The summed E-state index contributed by atoms with van der Waals surface area (Å²) in [5, 5.41) is 9.10. The molecule has 0 bridgehead atoms. The Hall–Kier alpha value is -7.33. The molecule has 4 fully saturated rings. The summed E-state index contributed by atoms with van der Waals surface area (Å²) in [6, 6.07) is 29.2. The van der Waals surface area contributed by atoms with E-state index in [4.69, 9.17) is 16.3 Å². The van der Waals surface area contributed by atoms with Gasteiger partial charge in [0.25, 0.3) is 37.6 Å². The number of fused-ring (bicyclic) bond motifs is 1. The third-order valence-electron chi connectivity index (χ3n) is 18.5. The Kier molecular flexibility index (Phi) is 20.7. The molecular weight excluding hydrogens is 1280 g/mol. The highest BCUT2D eigenvalue weighted by atomic mass is 35.5. The zero-order chi connectivity index (χ0) is 65.7. The molecule has 27 heteroatoms. The average molecular weight is 1360 g/mol. The number of sulfonamides is 1. The first kappa shape index (κ1) is 67.1. The van der Waals surface area contributed by atoms with E-state index in [1.165, 1.54) is 35.0 Å². The molecular formula is C66H73ClF3N9O11S3. The van der Waals surface area contributed by atoms with Gasteiger partial charge in [0, 0.05) is 123 Å². The second-order valence-corrected chi connectivity index (χ2v) is 29.5. The average Bonchev–Trinajstić information content (AvgIpc) is 1.71. The summed E-state index contributed by atoms with van der Waals surface area (Å²) in [5.41, 5.74) is -0.905. The largest absolute Gasteiger partial charge is 0.501 e. The third-order valence-corrected chi connectivity index (χ3v) is 22.7. The smallest absolute Gasteiger partial charge is 0.384 e. The molecule has 5 heterocycles. The molecule has 0 aromatic heterocycles. The number of rotatable bonds is 22. The van der Waals surface area contributed by atoms with Crippen LogP contribution in [-0.2, 0) is 39.0 Å². The first-order valence-corrected chi connectivity index (χ1v) is 35.6. The van der Waals surface area contributed by atoms with Crippen molar-refractivity contribution in [2.45, 2.75) is 96.5 Å². The number of nitrogens with zero attached hydrogens (tertiary/aromatic N) is 5. The predicted octanol–water partition coefficient (Wildman–Crippen LogP) is 8.71. The second-order valence-electron chi connectivity index (χ2n) is 24.4. The number of ether oxygens (including phenoxy) is 1. The molecule has 494 valence electrons. The van der Waals surface area contributed by atoms with Crippen molar-refractivity contribution in [2.75, 3.05) is 106 Å². The van der Waals surface area contributed by atoms with Crippen LogP contribution in [0.4, 0.5) is 30.2 Å². The first-order chi connectivity index (χ1) is 44.5. The van der Waals surface area contributed by atoms with E-state index in [0.29, 0.717) is 114 Å². The van der Waals surface area contributed by atoms with E-state index in [2.05, 4.69) is 42.8 Å². The number of hydrogen-bond donors (Lipinski definition) is 4. The minimum Gasteiger partial charge on any atom is -0.384 e. The van der Waals surface area contributed by atoms with Gasteiger partial charge in [-0.2, -0.15) is 13.2 Å². The van der Waals surface area contributed by atoms with Crippen LogP contribution in [0.2, 0.25) is 5.02 Å². The maximum absolute atomic E-state index is 14.3. The number of carbonyl (C=O) groups excluding carboxylic acids is 6. The number of alkyl halides is 3. The molecule has 4 saturated heterocycles. The van der Waals surface area contributed by atoms with Gasteiger partial charge in [0.15, 0.2) is 0 Å². The molecule has 1 aliphatic carbocycles. The van der Waals surface area contributed by atoms with E-state index in [1.54, 1.807) is 30.3 Å². The second kappa shape index (κ2) is 28.7. The molecule has 11 rings (SSSR count). The topological polar surface area (TPSA) is 244 Å². The van der Waals surface area contributed by atoms with Gasteiger partial charge in [0.1, 0.15) is 10.9 Å². The Balaban J connectivity index is 0.682. The lowest BCUT2D eigenvalue weighted by Gasteiger charge is -2.46. The number of benzene rings is 5. The monoisotopic (exact) mass is 1360 g/mol. The van der Waals surface area contributed by atoms with Gasteiger partial charge in [-0.05, 0) is 147 Å². The Bertz CT molecular complexity index is 3900. The summed E-state index contributed by atoms with van der Waals surface area (Å²) in [7, 11) is -11.0. The number of amides is 6. The van der Waals surface area contributed by atoms with E-state index < -0.39 is 82.5 Å². The van der Waals surface area contributed by atoms with Crippen LogP contribution in [0.3, 0.4) is 0 Å². The van der Waals surface area contributed by atoms with Crippen molar-refractivity contribution in [1.29, 1.82) is 0 Å². The number of piperazine rings is 1. The summed E-state index contributed by atoms with van der Waals surface area (Å²) in [5.74, 6) is -3.00. The molecule has 0 saturated carbocycles. The molecule has 1 unspecified atom stereocenters. The summed E-state index contributed by atoms with van der Waals surface area (Å²) >= 11 is 7.79. The van der Waals surface area contributed by atoms with Crippen LogP contribution in [0.15, 0.2) is 136 Å². The fraction of sp³-hybridized carbons (Fsp3) is 0.424. The quantitative estimate of drug-likeness (QED) is 0.0287. The summed E-state index contributed by atoms with van der Waals surface area (Å²) in [6.07, 6.45) is 5.68. The van der Waals surface area contributed by atoms with Crippen molar-refractivity contribution in [3.8, 4) is 0 Å². The highest BCUT2D eigenvalue weighted by Gasteiger charge is 2.49. The van der Waals surface area contributed by atoms with Crippen LogP contribution < -0.4 is 25.6 Å². The number of anilines is 3. The van der Waals surface area contributed by atoms with Crippen LogP contribution in [0.5, 0.6) is 0 Å². The van der Waals surface area contributed by atoms with E-state index >= 15 is 0 Å². The molecule has 6 amide bonds. The number of hydrogen-bond acceptors (Lipinski definition) is 17. The zero-order valence-electron chi connectivity index (χ0n) is 51.1. The number of likely N-dealkylation sites (tertiary alicyclic amines) is 1. The Morgan fingerprint density at radius 3 is 2.19 bits per heavy atom. The lowest BCUT2D eigenvalue weighted by molar-refractivity contribution is -0.136. The molecule has 1 spiro atoms. The standard InChI is InChI=1S/C66H73ClF3N9O11S3/c67-47-15-11-44(12-16-47)52-23-25-65(26-30-78(31-27-65)59(81)10-5-28-71-55-9-4-8-53-60(55)64(85)79(63(53)84)56-21-22-58(80)73-62(56)83)41-46(52)42-76-32-34-77(35-33-76)49-17-13-45(14-18-49)61(82)74-93(88,89)51-19-20-54(57(40-51)92(86,87)66(68,69)70)72-48(24-29-75-36-38-90-39-37-75)43-91-50-6-2-1-3-7-50/h1-4,6-9,11-20,40,48,56,71-72H,5,10,21-39,41-43H2,(H,74,82)(H,73,80,83)/t48-,56?/m1/s1. The maximum Gasteiger partial charge on any atom is 0.501 e. The molecule has 0 radical (unpaired) electrons.